The number of benzene rings is 2. The number of allylic oxidation sites excluding steroid dienone is 1. The first kappa shape index (κ1) is 18.2. The van der Waals surface area contributed by atoms with Gasteiger partial charge in [0, 0.05) is 7.11 Å². The van der Waals surface area contributed by atoms with E-state index in [1.54, 1.807) is 4.90 Å². The molecule has 3 rings (SSSR count). The van der Waals surface area contributed by atoms with Gasteiger partial charge in [0.25, 0.3) is 0 Å². The van der Waals surface area contributed by atoms with Crippen LogP contribution in [-0.2, 0) is 14.2 Å². The van der Waals surface area contributed by atoms with Crippen molar-refractivity contribution >= 4 is 6.09 Å². The van der Waals surface area contributed by atoms with E-state index in [2.05, 4.69) is 0 Å². The molecular formula is C21H23NO4. The SMILES string of the molecule is C/C=C/COC1(OC)CN(C(c2ccccc2)c2ccccc2)C(=O)O1. The number of carbonyl (C=O) groups is 1. The molecule has 26 heavy (non-hydrogen) atoms. The number of carbonyl (C=O) groups excluding carboxylic acids is 1. The summed E-state index contributed by atoms with van der Waals surface area (Å²) in [7, 11) is 1.48. The van der Waals surface area contributed by atoms with Crippen LogP contribution in [0.2, 0.25) is 0 Å². The summed E-state index contributed by atoms with van der Waals surface area (Å²) in [6.07, 6.45) is 3.24. The van der Waals surface area contributed by atoms with Crippen LogP contribution in [0.4, 0.5) is 4.79 Å². The molecule has 0 spiro atoms. The van der Waals surface area contributed by atoms with Crippen LogP contribution in [0.25, 0.3) is 0 Å². The lowest BCUT2D eigenvalue weighted by molar-refractivity contribution is -0.322. The van der Waals surface area contributed by atoms with Crippen molar-refractivity contribution in [2.45, 2.75) is 18.9 Å². The van der Waals surface area contributed by atoms with Crippen molar-refractivity contribution in [2.24, 2.45) is 0 Å². The Morgan fingerprint density at radius 2 is 1.69 bits per heavy atom. The number of hydrogen-bond donors (Lipinski definition) is 0. The van der Waals surface area contributed by atoms with E-state index in [4.69, 9.17) is 14.2 Å². The fourth-order valence-corrected chi connectivity index (χ4v) is 3.03. The van der Waals surface area contributed by atoms with Crippen molar-refractivity contribution < 1.29 is 19.0 Å². The smallest absolute Gasteiger partial charge is 0.389 e. The molecule has 0 N–H and O–H groups in total. The van der Waals surface area contributed by atoms with Gasteiger partial charge < -0.3 is 14.2 Å². The minimum Gasteiger partial charge on any atom is -0.389 e. The third-order valence-electron chi connectivity index (χ3n) is 4.33. The third kappa shape index (κ3) is 3.79. The van der Waals surface area contributed by atoms with Crippen LogP contribution in [0.15, 0.2) is 72.8 Å². The minimum atomic E-state index is -1.40. The van der Waals surface area contributed by atoms with E-state index in [-0.39, 0.29) is 12.6 Å². The van der Waals surface area contributed by atoms with Gasteiger partial charge >= 0.3 is 12.1 Å². The Bertz CT molecular complexity index is 708. The van der Waals surface area contributed by atoms with Crippen LogP contribution in [-0.4, -0.2) is 37.2 Å². The molecule has 2 aromatic rings. The minimum absolute atomic E-state index is 0.175. The van der Waals surface area contributed by atoms with Crippen molar-refractivity contribution in [1.82, 2.24) is 4.90 Å². The maximum Gasteiger partial charge on any atom is 0.415 e. The lowest BCUT2D eigenvalue weighted by Gasteiger charge is -2.28. The quantitative estimate of drug-likeness (QED) is 0.555. The summed E-state index contributed by atoms with van der Waals surface area (Å²) in [5, 5.41) is 0. The van der Waals surface area contributed by atoms with Crippen LogP contribution >= 0.6 is 0 Å². The largest absolute Gasteiger partial charge is 0.415 e. The van der Waals surface area contributed by atoms with Gasteiger partial charge in [0.15, 0.2) is 0 Å². The molecule has 1 fully saturated rings. The van der Waals surface area contributed by atoms with Crippen LogP contribution in [0, 0.1) is 0 Å². The Balaban J connectivity index is 1.93. The molecule has 0 saturated carbocycles. The summed E-state index contributed by atoms with van der Waals surface area (Å²) in [5.74, 6) is -1.40. The molecule has 5 heteroatoms. The molecule has 0 aromatic heterocycles. The molecule has 1 aliphatic rings. The lowest BCUT2D eigenvalue weighted by atomic mass is 9.97. The van der Waals surface area contributed by atoms with E-state index < -0.39 is 12.1 Å². The highest BCUT2D eigenvalue weighted by Gasteiger charge is 2.50. The number of hydrogen-bond acceptors (Lipinski definition) is 4. The van der Waals surface area contributed by atoms with E-state index in [0.29, 0.717) is 6.61 Å². The second-order valence-electron chi connectivity index (χ2n) is 5.99. The number of methoxy groups -OCH3 is 1. The number of amides is 1. The maximum absolute atomic E-state index is 12.7. The van der Waals surface area contributed by atoms with Gasteiger partial charge in [-0.1, -0.05) is 72.8 Å². The van der Waals surface area contributed by atoms with Crippen molar-refractivity contribution in [3.8, 4) is 0 Å². The van der Waals surface area contributed by atoms with Gasteiger partial charge in [-0.3, -0.25) is 4.90 Å². The Morgan fingerprint density at radius 1 is 1.12 bits per heavy atom. The van der Waals surface area contributed by atoms with E-state index >= 15 is 0 Å². The van der Waals surface area contributed by atoms with Crippen molar-refractivity contribution in [1.29, 1.82) is 0 Å². The number of cyclic esters (lactones) is 1. The second kappa shape index (κ2) is 8.17. The molecule has 1 atom stereocenters. The molecule has 2 aromatic carbocycles. The summed E-state index contributed by atoms with van der Waals surface area (Å²) in [6, 6.07) is 19.4. The third-order valence-corrected chi connectivity index (χ3v) is 4.33. The Labute approximate surface area is 153 Å². The van der Waals surface area contributed by atoms with Gasteiger partial charge in [-0.2, -0.15) is 0 Å². The molecule has 1 heterocycles. The van der Waals surface area contributed by atoms with Gasteiger partial charge in [0.1, 0.15) is 6.54 Å². The predicted molar refractivity (Wildman–Crippen MR) is 98.4 cm³/mol. The van der Waals surface area contributed by atoms with Gasteiger partial charge in [0.05, 0.1) is 12.6 Å². The first-order valence-corrected chi connectivity index (χ1v) is 8.59. The zero-order chi connectivity index (χ0) is 18.4. The molecular weight excluding hydrogens is 330 g/mol. The molecule has 1 aliphatic heterocycles. The Hall–Kier alpha value is -2.63. The highest BCUT2D eigenvalue weighted by Crippen LogP contribution is 2.36. The standard InChI is InChI=1S/C21H23NO4/c1-3-4-15-25-21(24-2)16-22(20(23)26-21)19(17-11-7-5-8-12-17)18-13-9-6-10-14-18/h3-14,19H,15-16H2,1-2H3/b4-3+. The first-order chi connectivity index (χ1) is 12.7. The van der Waals surface area contributed by atoms with Crippen LogP contribution in [0.5, 0.6) is 0 Å². The van der Waals surface area contributed by atoms with Crippen LogP contribution < -0.4 is 0 Å². The highest BCUT2D eigenvalue weighted by atomic mass is 16.9. The highest BCUT2D eigenvalue weighted by molar-refractivity contribution is 5.71. The number of nitrogens with zero attached hydrogens (tertiary/aromatic N) is 1. The lowest BCUT2D eigenvalue weighted by Crippen LogP contribution is -2.40. The average molecular weight is 353 g/mol. The van der Waals surface area contributed by atoms with E-state index in [1.807, 2.05) is 79.7 Å². The Morgan fingerprint density at radius 3 is 2.19 bits per heavy atom. The summed E-state index contributed by atoms with van der Waals surface area (Å²) in [6.45, 7) is 2.37. The summed E-state index contributed by atoms with van der Waals surface area (Å²) < 4.78 is 16.6. The zero-order valence-corrected chi connectivity index (χ0v) is 15.0. The van der Waals surface area contributed by atoms with Gasteiger partial charge in [-0.25, -0.2) is 4.79 Å². The molecule has 0 aliphatic carbocycles. The average Bonchev–Trinajstić information content (AvgIpc) is 3.01. The monoisotopic (exact) mass is 353 g/mol. The zero-order valence-electron chi connectivity index (χ0n) is 15.0. The van der Waals surface area contributed by atoms with Gasteiger partial charge in [0.2, 0.25) is 0 Å². The molecule has 1 unspecified atom stereocenters. The summed E-state index contributed by atoms with van der Waals surface area (Å²) in [4.78, 5) is 14.3. The molecule has 0 bridgehead atoms. The number of rotatable bonds is 7. The topological polar surface area (TPSA) is 48.0 Å². The first-order valence-electron chi connectivity index (χ1n) is 8.59. The molecule has 1 saturated heterocycles. The van der Waals surface area contributed by atoms with Crippen molar-refractivity contribution in [2.75, 3.05) is 20.3 Å². The van der Waals surface area contributed by atoms with E-state index in [0.717, 1.165) is 11.1 Å². The predicted octanol–water partition coefficient (Wildman–Crippen LogP) is 4.12. The van der Waals surface area contributed by atoms with E-state index in [9.17, 15) is 4.79 Å². The number of ether oxygens (including phenoxy) is 3. The molecule has 0 radical (unpaired) electrons. The summed E-state index contributed by atoms with van der Waals surface area (Å²) >= 11 is 0. The van der Waals surface area contributed by atoms with Gasteiger partial charge in [-0.15, -0.1) is 0 Å². The summed E-state index contributed by atoms with van der Waals surface area (Å²) in [5.41, 5.74) is 1.99. The van der Waals surface area contributed by atoms with Crippen molar-refractivity contribution in [3.05, 3.63) is 83.9 Å². The van der Waals surface area contributed by atoms with Crippen LogP contribution in [0.3, 0.4) is 0 Å². The van der Waals surface area contributed by atoms with Crippen molar-refractivity contribution in [3.63, 3.8) is 0 Å². The normalized spacial score (nSPS) is 20.1. The van der Waals surface area contributed by atoms with Gasteiger partial charge in [-0.05, 0) is 18.1 Å². The molecule has 136 valence electrons. The Kier molecular flexibility index (Phi) is 5.71. The maximum atomic E-state index is 12.7. The van der Waals surface area contributed by atoms with E-state index in [1.165, 1.54) is 7.11 Å². The fraction of sp³-hybridized carbons (Fsp3) is 0.286. The second-order valence-corrected chi connectivity index (χ2v) is 5.99. The molecule has 5 nitrogen and oxygen atoms in total. The fourth-order valence-electron chi connectivity index (χ4n) is 3.03. The van der Waals surface area contributed by atoms with Crippen LogP contribution in [0.1, 0.15) is 24.1 Å². The molecule has 1 amide bonds.